The normalized spacial score (nSPS) is 18.8. The highest BCUT2D eigenvalue weighted by Crippen LogP contribution is 2.33. The molecule has 1 amide bonds. The molecule has 0 aliphatic heterocycles. The highest BCUT2D eigenvalue weighted by Gasteiger charge is 2.27. The highest BCUT2D eigenvalue weighted by molar-refractivity contribution is 7.12. The smallest absolute Gasteiger partial charge is 0.228 e. The number of benzene rings is 1. The molecule has 3 aromatic rings. The summed E-state index contributed by atoms with van der Waals surface area (Å²) in [5, 5.41) is 11.1. The zero-order valence-electron chi connectivity index (χ0n) is 18.1. The van der Waals surface area contributed by atoms with Gasteiger partial charge in [-0.25, -0.2) is 4.98 Å². The first-order valence-electron chi connectivity index (χ1n) is 11.1. The van der Waals surface area contributed by atoms with E-state index in [2.05, 4.69) is 17.3 Å². The van der Waals surface area contributed by atoms with Gasteiger partial charge in [0.2, 0.25) is 11.0 Å². The second-order valence-corrected chi connectivity index (χ2v) is 9.73. The van der Waals surface area contributed by atoms with Crippen LogP contribution in [0.2, 0.25) is 5.02 Å². The van der Waals surface area contributed by atoms with Crippen molar-refractivity contribution in [2.45, 2.75) is 58.8 Å². The topological polar surface area (TPSA) is 59.8 Å². The van der Waals surface area contributed by atoms with E-state index in [1.807, 2.05) is 42.6 Å². The Balaban J connectivity index is 1.45. The first kappa shape index (κ1) is 22.0. The minimum atomic E-state index is 0.0856. The van der Waals surface area contributed by atoms with Gasteiger partial charge in [-0.3, -0.25) is 4.79 Å². The van der Waals surface area contributed by atoms with E-state index in [0.29, 0.717) is 10.8 Å². The van der Waals surface area contributed by atoms with E-state index in [0.717, 1.165) is 53.7 Å². The van der Waals surface area contributed by atoms with Gasteiger partial charge in [0, 0.05) is 28.0 Å². The number of thiazole rings is 1. The molecule has 1 aromatic carbocycles. The lowest BCUT2D eigenvalue weighted by molar-refractivity contribution is -0.121. The molecule has 0 unspecified atom stereocenters. The molecule has 1 fully saturated rings. The third-order valence-corrected chi connectivity index (χ3v) is 7.15. The molecular weight excluding hydrogens is 428 g/mol. The van der Waals surface area contributed by atoms with Crippen molar-refractivity contribution in [3.05, 3.63) is 46.4 Å². The molecule has 5 nitrogen and oxygen atoms in total. The van der Waals surface area contributed by atoms with E-state index >= 15 is 0 Å². The fraction of sp³-hybridized carbons (Fsp3) is 0.458. The highest BCUT2D eigenvalue weighted by atomic mass is 35.5. The second kappa shape index (κ2) is 9.96. The summed E-state index contributed by atoms with van der Waals surface area (Å²) in [7, 11) is 0. The van der Waals surface area contributed by atoms with Gasteiger partial charge >= 0.3 is 0 Å². The number of nitrogens with zero attached hydrogens (tertiary/aromatic N) is 3. The van der Waals surface area contributed by atoms with Crippen LogP contribution < -0.4 is 5.32 Å². The number of carbonyl (C=O) groups excluding carboxylic acids is 1. The molecule has 1 saturated carbocycles. The van der Waals surface area contributed by atoms with Crippen LogP contribution in [0.1, 0.15) is 57.6 Å². The molecule has 0 bridgehead atoms. The molecule has 2 heterocycles. The lowest BCUT2D eigenvalue weighted by Crippen LogP contribution is -2.28. The number of aryl methyl sites for hydroxylation is 1. The van der Waals surface area contributed by atoms with Crippen LogP contribution in [0.3, 0.4) is 0 Å². The van der Waals surface area contributed by atoms with Crippen LogP contribution in [0, 0.1) is 18.8 Å². The number of unbranched alkanes of at least 4 members (excludes halogenated alkanes) is 1. The molecule has 4 rings (SSSR count). The summed E-state index contributed by atoms with van der Waals surface area (Å²) in [5.74, 6) is 1.66. The van der Waals surface area contributed by atoms with Crippen LogP contribution in [0.15, 0.2) is 35.7 Å². The summed E-state index contributed by atoms with van der Waals surface area (Å²) < 4.78 is 1.74. The van der Waals surface area contributed by atoms with Crippen molar-refractivity contribution in [1.29, 1.82) is 0 Å². The zero-order chi connectivity index (χ0) is 21.8. The Bertz CT molecular complexity index is 1020. The number of hydrogen-bond donors (Lipinski definition) is 1. The summed E-state index contributed by atoms with van der Waals surface area (Å²) in [5.41, 5.74) is 2.72. The third-order valence-electron chi connectivity index (χ3n) is 6.08. The average molecular weight is 457 g/mol. The zero-order valence-corrected chi connectivity index (χ0v) is 19.7. The number of amides is 1. The van der Waals surface area contributed by atoms with Gasteiger partial charge in [-0.15, -0.1) is 11.3 Å². The van der Waals surface area contributed by atoms with Gasteiger partial charge in [0.25, 0.3) is 0 Å². The predicted molar refractivity (Wildman–Crippen MR) is 128 cm³/mol. The number of rotatable bonds is 7. The number of anilines is 1. The van der Waals surface area contributed by atoms with Crippen molar-refractivity contribution in [3.63, 3.8) is 0 Å². The molecular formula is C24H29ClN4OS. The maximum absolute atomic E-state index is 13.0. The SMILES string of the molecule is CCCCC1CCC(C(=O)Nc2cc(C)nn2-c2nc(-c3ccc(Cl)cc3)cs2)CC1. The Hall–Kier alpha value is -2.18. The van der Waals surface area contributed by atoms with E-state index < -0.39 is 0 Å². The maximum atomic E-state index is 13.0. The molecule has 0 radical (unpaired) electrons. The van der Waals surface area contributed by atoms with Gasteiger partial charge in [-0.1, -0.05) is 49.9 Å². The summed E-state index contributed by atoms with van der Waals surface area (Å²) in [6.07, 6.45) is 8.13. The van der Waals surface area contributed by atoms with Crippen molar-refractivity contribution in [3.8, 4) is 16.4 Å². The van der Waals surface area contributed by atoms with Crippen molar-refractivity contribution in [1.82, 2.24) is 14.8 Å². The Morgan fingerprint density at radius 2 is 1.97 bits per heavy atom. The van der Waals surface area contributed by atoms with Crippen LogP contribution >= 0.6 is 22.9 Å². The van der Waals surface area contributed by atoms with Crippen molar-refractivity contribution < 1.29 is 4.79 Å². The quantitative estimate of drug-likeness (QED) is 0.421. The van der Waals surface area contributed by atoms with Gasteiger partial charge < -0.3 is 5.32 Å². The standard InChI is InChI=1S/C24H29ClN4OS/c1-3-4-5-17-6-8-19(9-7-17)23(30)27-22-14-16(2)28-29(22)24-26-21(15-31-24)18-10-12-20(25)13-11-18/h10-15,17,19H,3-9H2,1-2H3,(H,27,30). The summed E-state index contributed by atoms with van der Waals surface area (Å²) >= 11 is 7.50. The van der Waals surface area contributed by atoms with Crippen LogP contribution in [-0.4, -0.2) is 20.7 Å². The lowest BCUT2D eigenvalue weighted by atomic mass is 9.79. The van der Waals surface area contributed by atoms with E-state index in [-0.39, 0.29) is 11.8 Å². The molecule has 1 aliphatic carbocycles. The molecule has 1 N–H and O–H groups in total. The molecule has 0 saturated heterocycles. The summed E-state index contributed by atoms with van der Waals surface area (Å²) in [6, 6.07) is 9.53. The number of nitrogens with one attached hydrogen (secondary N) is 1. The van der Waals surface area contributed by atoms with E-state index in [4.69, 9.17) is 16.6 Å². The lowest BCUT2D eigenvalue weighted by Gasteiger charge is -2.27. The number of aromatic nitrogens is 3. The maximum Gasteiger partial charge on any atom is 0.228 e. The average Bonchev–Trinajstić information content (AvgIpc) is 3.40. The summed E-state index contributed by atoms with van der Waals surface area (Å²) in [4.78, 5) is 17.7. The fourth-order valence-corrected chi connectivity index (χ4v) is 5.21. The van der Waals surface area contributed by atoms with E-state index in [1.54, 1.807) is 4.68 Å². The van der Waals surface area contributed by atoms with Gasteiger partial charge in [0.15, 0.2) is 0 Å². The predicted octanol–water partition coefficient (Wildman–Crippen LogP) is 6.89. The second-order valence-electron chi connectivity index (χ2n) is 8.45. The van der Waals surface area contributed by atoms with Gasteiger partial charge in [0.05, 0.1) is 11.4 Å². The van der Waals surface area contributed by atoms with E-state index in [9.17, 15) is 4.79 Å². The first-order chi connectivity index (χ1) is 15.0. The molecule has 0 spiro atoms. The number of hydrogen-bond acceptors (Lipinski definition) is 4. The molecule has 0 atom stereocenters. The van der Waals surface area contributed by atoms with Crippen LogP contribution in [0.5, 0.6) is 0 Å². The molecule has 31 heavy (non-hydrogen) atoms. The van der Waals surface area contributed by atoms with Gasteiger partial charge in [-0.2, -0.15) is 9.78 Å². The van der Waals surface area contributed by atoms with Gasteiger partial charge in [0.1, 0.15) is 5.82 Å². The Kier molecular flexibility index (Phi) is 7.08. The number of halogens is 1. The summed E-state index contributed by atoms with van der Waals surface area (Å²) in [6.45, 7) is 4.17. The molecule has 2 aromatic heterocycles. The van der Waals surface area contributed by atoms with Crippen LogP contribution in [0.4, 0.5) is 5.82 Å². The van der Waals surface area contributed by atoms with Crippen molar-refractivity contribution >= 4 is 34.7 Å². The Morgan fingerprint density at radius 1 is 1.23 bits per heavy atom. The van der Waals surface area contributed by atoms with Gasteiger partial charge in [-0.05, 0) is 50.7 Å². The minimum absolute atomic E-state index is 0.0856. The fourth-order valence-electron chi connectivity index (χ4n) is 4.28. The Labute approximate surface area is 192 Å². The van der Waals surface area contributed by atoms with Crippen LogP contribution in [-0.2, 0) is 4.79 Å². The van der Waals surface area contributed by atoms with Crippen molar-refractivity contribution in [2.24, 2.45) is 11.8 Å². The van der Waals surface area contributed by atoms with Crippen molar-refractivity contribution in [2.75, 3.05) is 5.32 Å². The monoisotopic (exact) mass is 456 g/mol. The number of carbonyl (C=O) groups is 1. The Morgan fingerprint density at radius 3 is 2.68 bits per heavy atom. The van der Waals surface area contributed by atoms with E-state index in [1.165, 1.54) is 30.6 Å². The molecule has 7 heteroatoms. The third kappa shape index (κ3) is 5.36. The first-order valence-corrected chi connectivity index (χ1v) is 12.4. The van der Waals surface area contributed by atoms with Crippen LogP contribution in [0.25, 0.3) is 16.4 Å². The minimum Gasteiger partial charge on any atom is -0.310 e. The largest absolute Gasteiger partial charge is 0.310 e. The molecule has 1 aliphatic rings. The molecule has 164 valence electrons.